The van der Waals surface area contributed by atoms with Crippen LogP contribution in [-0.2, 0) is 0 Å². The van der Waals surface area contributed by atoms with Crippen LogP contribution in [0.15, 0.2) is 54.6 Å². The maximum absolute atomic E-state index is 14.0. The summed E-state index contributed by atoms with van der Waals surface area (Å²) in [4.78, 5) is 13.4. The van der Waals surface area contributed by atoms with Crippen molar-refractivity contribution in [2.45, 2.75) is 6.92 Å². The van der Waals surface area contributed by atoms with Gasteiger partial charge in [0.15, 0.2) is 0 Å². The van der Waals surface area contributed by atoms with Crippen molar-refractivity contribution in [1.82, 2.24) is 9.97 Å². The number of piperazine rings is 1. The lowest BCUT2D eigenvalue weighted by Crippen LogP contribution is -2.47. The number of para-hydroxylation sites is 1. The van der Waals surface area contributed by atoms with Crippen LogP contribution >= 0.6 is 11.6 Å². The summed E-state index contributed by atoms with van der Waals surface area (Å²) in [6.07, 6.45) is 0. The van der Waals surface area contributed by atoms with E-state index in [1.54, 1.807) is 6.07 Å². The van der Waals surface area contributed by atoms with E-state index in [4.69, 9.17) is 11.6 Å². The van der Waals surface area contributed by atoms with Gasteiger partial charge >= 0.3 is 0 Å². The van der Waals surface area contributed by atoms with E-state index in [1.807, 2.05) is 49.4 Å². The first-order chi connectivity index (χ1) is 13.6. The minimum Gasteiger partial charge on any atom is -0.366 e. The van der Waals surface area contributed by atoms with Gasteiger partial charge in [0.25, 0.3) is 0 Å². The number of hydrogen-bond acceptors (Lipinski definition) is 5. The number of hydrogen-bond donors (Lipinski definition) is 1. The first-order valence-corrected chi connectivity index (χ1v) is 9.59. The molecule has 2 aromatic carbocycles. The highest BCUT2D eigenvalue weighted by atomic mass is 35.5. The highest BCUT2D eigenvalue weighted by molar-refractivity contribution is 6.30. The Kier molecular flexibility index (Phi) is 5.30. The molecule has 3 aromatic rings. The maximum atomic E-state index is 14.0. The molecule has 0 spiro atoms. The van der Waals surface area contributed by atoms with E-state index in [1.165, 1.54) is 6.07 Å². The number of rotatable bonds is 4. The van der Waals surface area contributed by atoms with Crippen molar-refractivity contribution in [1.29, 1.82) is 0 Å². The molecule has 0 aliphatic carbocycles. The van der Waals surface area contributed by atoms with Gasteiger partial charge in [-0.25, -0.2) is 9.37 Å². The second kappa shape index (κ2) is 8.02. The van der Waals surface area contributed by atoms with Gasteiger partial charge in [-0.15, -0.1) is 0 Å². The molecule has 1 aromatic heterocycles. The SMILES string of the molecule is Cc1cc(N2CCN(c3ccccc3F)CC2)nc(Nc2cccc(Cl)c2)n1. The number of benzene rings is 2. The van der Waals surface area contributed by atoms with Crippen molar-refractivity contribution < 1.29 is 4.39 Å². The van der Waals surface area contributed by atoms with Crippen LogP contribution in [0.3, 0.4) is 0 Å². The molecular formula is C21H21ClFN5. The van der Waals surface area contributed by atoms with Crippen molar-refractivity contribution in [2.75, 3.05) is 41.3 Å². The fraction of sp³-hybridized carbons (Fsp3) is 0.238. The Morgan fingerprint density at radius 2 is 1.68 bits per heavy atom. The molecule has 1 aliphatic heterocycles. The topological polar surface area (TPSA) is 44.3 Å². The van der Waals surface area contributed by atoms with Gasteiger partial charge < -0.3 is 15.1 Å². The summed E-state index contributed by atoms with van der Waals surface area (Å²) >= 11 is 6.05. The molecule has 1 fully saturated rings. The number of nitrogens with one attached hydrogen (secondary N) is 1. The van der Waals surface area contributed by atoms with Gasteiger partial charge in [-0.1, -0.05) is 29.8 Å². The third-order valence-electron chi connectivity index (χ3n) is 4.72. The van der Waals surface area contributed by atoms with E-state index in [0.29, 0.717) is 16.7 Å². The van der Waals surface area contributed by atoms with Gasteiger partial charge in [0.05, 0.1) is 5.69 Å². The summed E-state index contributed by atoms with van der Waals surface area (Å²) in [6, 6.07) is 16.3. The molecule has 28 heavy (non-hydrogen) atoms. The molecule has 0 bridgehead atoms. The van der Waals surface area contributed by atoms with Gasteiger partial charge in [-0.2, -0.15) is 4.98 Å². The summed E-state index contributed by atoms with van der Waals surface area (Å²) in [5.41, 5.74) is 2.38. The fourth-order valence-electron chi connectivity index (χ4n) is 3.35. The van der Waals surface area contributed by atoms with E-state index >= 15 is 0 Å². The van der Waals surface area contributed by atoms with Crippen LogP contribution in [-0.4, -0.2) is 36.1 Å². The number of halogens is 2. The Balaban J connectivity index is 1.48. The Labute approximate surface area is 168 Å². The molecule has 0 unspecified atom stereocenters. The minimum absolute atomic E-state index is 0.179. The average Bonchev–Trinajstić information content (AvgIpc) is 2.68. The van der Waals surface area contributed by atoms with Crippen LogP contribution in [0.4, 0.5) is 27.5 Å². The molecule has 7 heteroatoms. The van der Waals surface area contributed by atoms with Crippen molar-refractivity contribution >= 4 is 34.7 Å². The normalized spacial score (nSPS) is 14.2. The molecular weight excluding hydrogens is 377 g/mol. The standard InChI is InChI=1S/C21H21ClFN5/c1-15-13-20(26-21(24-15)25-17-6-4-5-16(22)14-17)28-11-9-27(10-12-28)19-8-3-2-7-18(19)23/h2-8,13-14H,9-12H2,1H3,(H,24,25,26). The summed E-state index contributed by atoms with van der Waals surface area (Å²) in [5, 5.41) is 3.87. The fourth-order valence-corrected chi connectivity index (χ4v) is 3.54. The quantitative estimate of drug-likeness (QED) is 0.694. The number of aromatic nitrogens is 2. The molecule has 1 aliphatic rings. The van der Waals surface area contributed by atoms with Crippen LogP contribution in [0.5, 0.6) is 0 Å². The lowest BCUT2D eigenvalue weighted by atomic mass is 10.2. The largest absolute Gasteiger partial charge is 0.366 e. The maximum Gasteiger partial charge on any atom is 0.229 e. The van der Waals surface area contributed by atoms with Crippen molar-refractivity contribution in [3.63, 3.8) is 0 Å². The Morgan fingerprint density at radius 3 is 2.43 bits per heavy atom. The third-order valence-corrected chi connectivity index (χ3v) is 4.95. The van der Waals surface area contributed by atoms with E-state index in [0.717, 1.165) is 43.4 Å². The highest BCUT2D eigenvalue weighted by Gasteiger charge is 2.21. The first kappa shape index (κ1) is 18.5. The molecule has 0 saturated carbocycles. The van der Waals surface area contributed by atoms with Crippen LogP contribution in [0.1, 0.15) is 5.69 Å². The second-order valence-corrected chi connectivity index (χ2v) is 7.19. The molecule has 0 radical (unpaired) electrons. The molecule has 0 atom stereocenters. The zero-order valence-electron chi connectivity index (χ0n) is 15.6. The molecule has 2 heterocycles. The Morgan fingerprint density at radius 1 is 0.929 bits per heavy atom. The van der Waals surface area contributed by atoms with E-state index < -0.39 is 0 Å². The molecule has 1 N–H and O–H groups in total. The van der Waals surface area contributed by atoms with E-state index in [9.17, 15) is 4.39 Å². The van der Waals surface area contributed by atoms with Gasteiger partial charge in [-0.05, 0) is 37.3 Å². The second-order valence-electron chi connectivity index (χ2n) is 6.75. The van der Waals surface area contributed by atoms with Crippen LogP contribution in [0, 0.1) is 12.7 Å². The van der Waals surface area contributed by atoms with E-state index in [-0.39, 0.29) is 5.82 Å². The van der Waals surface area contributed by atoms with Crippen molar-refractivity contribution in [3.8, 4) is 0 Å². The average molecular weight is 398 g/mol. The number of nitrogens with zero attached hydrogens (tertiary/aromatic N) is 4. The predicted octanol–water partition coefficient (Wildman–Crippen LogP) is 4.65. The summed E-state index contributed by atoms with van der Waals surface area (Å²) in [5.74, 6) is 1.22. The lowest BCUT2D eigenvalue weighted by molar-refractivity contribution is 0.596. The first-order valence-electron chi connectivity index (χ1n) is 9.21. The van der Waals surface area contributed by atoms with Crippen LogP contribution in [0.2, 0.25) is 5.02 Å². The third kappa shape index (κ3) is 4.17. The molecule has 144 valence electrons. The smallest absolute Gasteiger partial charge is 0.229 e. The summed E-state index contributed by atoms with van der Waals surface area (Å²) in [7, 11) is 0. The molecule has 5 nitrogen and oxygen atoms in total. The van der Waals surface area contributed by atoms with Gasteiger partial charge in [0, 0.05) is 48.6 Å². The molecule has 4 rings (SSSR count). The summed E-state index contributed by atoms with van der Waals surface area (Å²) in [6.45, 7) is 4.95. The van der Waals surface area contributed by atoms with E-state index in [2.05, 4.69) is 25.1 Å². The van der Waals surface area contributed by atoms with Crippen LogP contribution in [0.25, 0.3) is 0 Å². The van der Waals surface area contributed by atoms with Gasteiger partial charge in [0.2, 0.25) is 5.95 Å². The molecule has 0 amide bonds. The number of aryl methyl sites for hydroxylation is 1. The highest BCUT2D eigenvalue weighted by Crippen LogP contribution is 2.24. The number of anilines is 4. The summed E-state index contributed by atoms with van der Waals surface area (Å²) < 4.78 is 14.0. The minimum atomic E-state index is -0.179. The van der Waals surface area contributed by atoms with Crippen molar-refractivity contribution in [2.24, 2.45) is 0 Å². The van der Waals surface area contributed by atoms with Gasteiger partial charge in [0.1, 0.15) is 11.6 Å². The van der Waals surface area contributed by atoms with Gasteiger partial charge in [-0.3, -0.25) is 0 Å². The van der Waals surface area contributed by atoms with Crippen molar-refractivity contribution in [3.05, 3.63) is 71.1 Å². The zero-order valence-corrected chi connectivity index (χ0v) is 16.3. The Hall–Kier alpha value is -2.86. The van der Waals surface area contributed by atoms with Crippen LogP contribution < -0.4 is 15.1 Å². The monoisotopic (exact) mass is 397 g/mol. The lowest BCUT2D eigenvalue weighted by Gasteiger charge is -2.37. The predicted molar refractivity (Wildman–Crippen MR) is 112 cm³/mol. The molecule has 1 saturated heterocycles. The zero-order chi connectivity index (χ0) is 19.5. The Bertz CT molecular complexity index is 973.